The number of rotatable bonds is 8. The Balaban J connectivity index is 1.62. The Kier molecular flexibility index (Phi) is 7.04. The van der Waals surface area contributed by atoms with Crippen LogP contribution in [0.2, 0.25) is 5.02 Å². The first-order valence-electron chi connectivity index (χ1n) is 9.20. The number of ketones is 1. The molecule has 0 saturated carbocycles. The second kappa shape index (κ2) is 9.72. The number of anilines is 2. The smallest absolute Gasteiger partial charge is 0.261 e. The van der Waals surface area contributed by atoms with Gasteiger partial charge in [-0.05, 0) is 60.7 Å². The molecule has 0 bridgehead atoms. The molecule has 0 fully saturated rings. The summed E-state index contributed by atoms with van der Waals surface area (Å²) >= 11 is 5.88. The Morgan fingerprint density at radius 1 is 0.871 bits per heavy atom. The van der Waals surface area contributed by atoms with E-state index in [0.717, 1.165) is 0 Å². The highest BCUT2D eigenvalue weighted by Crippen LogP contribution is 2.21. The van der Waals surface area contributed by atoms with Gasteiger partial charge in [-0.15, -0.1) is 0 Å². The molecule has 0 radical (unpaired) electrons. The van der Waals surface area contributed by atoms with E-state index in [2.05, 4.69) is 10.0 Å². The largest absolute Gasteiger partial charge is 0.326 e. The molecule has 0 aliphatic rings. The molecule has 1 amide bonds. The topological polar surface area (TPSA) is 92.3 Å². The van der Waals surface area contributed by atoms with E-state index in [1.165, 1.54) is 54.6 Å². The molecule has 3 aromatic carbocycles. The average Bonchev–Trinajstić information content (AvgIpc) is 2.72. The van der Waals surface area contributed by atoms with Crippen molar-refractivity contribution >= 4 is 44.7 Å². The molecule has 0 unspecified atom stereocenters. The number of nitrogens with one attached hydrogen (secondary N) is 2. The second-order valence-corrected chi connectivity index (χ2v) is 8.74. The van der Waals surface area contributed by atoms with Gasteiger partial charge in [0.25, 0.3) is 10.0 Å². The molecular formula is C22H18ClFN2O4S. The van der Waals surface area contributed by atoms with Gasteiger partial charge in [0.05, 0.1) is 10.6 Å². The Labute approximate surface area is 184 Å². The number of carbonyl (C=O) groups is 2. The van der Waals surface area contributed by atoms with Gasteiger partial charge in [0.2, 0.25) is 5.91 Å². The van der Waals surface area contributed by atoms with E-state index < -0.39 is 21.7 Å². The van der Waals surface area contributed by atoms with Gasteiger partial charge in [0.15, 0.2) is 5.78 Å². The highest BCUT2D eigenvalue weighted by molar-refractivity contribution is 7.92. The molecule has 3 rings (SSSR count). The fraction of sp³-hybridized carbons (Fsp3) is 0.0909. The third kappa shape index (κ3) is 6.37. The molecule has 3 aromatic rings. The molecule has 0 spiro atoms. The summed E-state index contributed by atoms with van der Waals surface area (Å²) in [4.78, 5) is 24.2. The van der Waals surface area contributed by atoms with E-state index >= 15 is 0 Å². The van der Waals surface area contributed by atoms with Crippen molar-refractivity contribution in [3.05, 3.63) is 89.2 Å². The molecule has 9 heteroatoms. The lowest BCUT2D eigenvalue weighted by molar-refractivity contribution is -0.116. The monoisotopic (exact) mass is 460 g/mol. The minimum atomic E-state index is -3.90. The highest BCUT2D eigenvalue weighted by Gasteiger charge is 2.16. The van der Waals surface area contributed by atoms with Crippen LogP contribution in [0.3, 0.4) is 0 Å². The zero-order chi connectivity index (χ0) is 22.4. The zero-order valence-electron chi connectivity index (χ0n) is 16.1. The first-order chi connectivity index (χ1) is 14.7. The van der Waals surface area contributed by atoms with Crippen LogP contribution >= 0.6 is 11.6 Å². The number of hydrogen-bond donors (Lipinski definition) is 2. The van der Waals surface area contributed by atoms with E-state index in [4.69, 9.17) is 11.6 Å². The number of Topliss-reactive ketones (excluding diaryl/α,β-unsaturated/α-hetero) is 1. The maximum absolute atomic E-state index is 12.9. The van der Waals surface area contributed by atoms with E-state index in [9.17, 15) is 22.4 Å². The predicted octanol–water partition coefficient (Wildman–Crippen LogP) is 4.88. The van der Waals surface area contributed by atoms with Crippen molar-refractivity contribution in [2.45, 2.75) is 17.7 Å². The maximum atomic E-state index is 12.9. The first kappa shape index (κ1) is 22.5. The number of amides is 1. The van der Waals surface area contributed by atoms with Gasteiger partial charge < -0.3 is 5.32 Å². The molecule has 0 aliphatic carbocycles. The molecular weight excluding hydrogens is 443 g/mol. The summed E-state index contributed by atoms with van der Waals surface area (Å²) in [7, 11) is -3.90. The molecule has 160 valence electrons. The SMILES string of the molecule is O=C(CCC(=O)c1ccc(F)cc1)Nc1cccc(S(=O)(=O)Nc2cccc(Cl)c2)c1. The lowest BCUT2D eigenvalue weighted by Crippen LogP contribution is -2.15. The van der Waals surface area contributed by atoms with E-state index in [1.807, 2.05) is 0 Å². The van der Waals surface area contributed by atoms with Crippen molar-refractivity contribution in [1.29, 1.82) is 0 Å². The summed E-state index contributed by atoms with van der Waals surface area (Å²) in [6.07, 6.45) is -0.167. The van der Waals surface area contributed by atoms with Crippen LogP contribution in [-0.2, 0) is 14.8 Å². The number of sulfonamides is 1. The van der Waals surface area contributed by atoms with Gasteiger partial charge in [-0.3, -0.25) is 14.3 Å². The highest BCUT2D eigenvalue weighted by atomic mass is 35.5. The Morgan fingerprint density at radius 3 is 2.26 bits per heavy atom. The molecule has 31 heavy (non-hydrogen) atoms. The number of benzene rings is 3. The van der Waals surface area contributed by atoms with Crippen molar-refractivity contribution in [1.82, 2.24) is 0 Å². The Hall–Kier alpha value is -3.23. The summed E-state index contributed by atoms with van der Waals surface area (Å²) in [5.41, 5.74) is 0.892. The van der Waals surface area contributed by atoms with E-state index in [-0.39, 0.29) is 29.2 Å². The van der Waals surface area contributed by atoms with Crippen molar-refractivity contribution in [3.8, 4) is 0 Å². The summed E-state index contributed by atoms with van der Waals surface area (Å²) in [6.45, 7) is 0. The van der Waals surface area contributed by atoms with Gasteiger partial charge in [-0.25, -0.2) is 12.8 Å². The van der Waals surface area contributed by atoms with Gasteiger partial charge >= 0.3 is 0 Å². The lowest BCUT2D eigenvalue weighted by atomic mass is 10.1. The summed E-state index contributed by atoms with van der Waals surface area (Å²) in [5.74, 6) is -1.20. The second-order valence-electron chi connectivity index (χ2n) is 6.62. The first-order valence-corrected chi connectivity index (χ1v) is 11.1. The number of halogens is 2. The molecule has 0 saturated heterocycles. The van der Waals surface area contributed by atoms with Gasteiger partial charge in [0, 0.05) is 29.1 Å². The molecule has 0 atom stereocenters. The van der Waals surface area contributed by atoms with Crippen molar-refractivity contribution in [2.24, 2.45) is 0 Å². The van der Waals surface area contributed by atoms with Crippen LogP contribution in [0.5, 0.6) is 0 Å². The minimum absolute atomic E-state index is 0.0485. The summed E-state index contributed by atoms with van der Waals surface area (Å²) in [6, 6.07) is 17.1. The normalized spacial score (nSPS) is 11.0. The lowest BCUT2D eigenvalue weighted by Gasteiger charge is -2.10. The number of hydrogen-bond acceptors (Lipinski definition) is 4. The van der Waals surface area contributed by atoms with Crippen LogP contribution in [0.15, 0.2) is 77.7 Å². The zero-order valence-corrected chi connectivity index (χ0v) is 17.7. The van der Waals surface area contributed by atoms with Crippen molar-refractivity contribution in [2.75, 3.05) is 10.0 Å². The summed E-state index contributed by atoms with van der Waals surface area (Å²) < 4.78 is 40.6. The van der Waals surface area contributed by atoms with Crippen molar-refractivity contribution in [3.63, 3.8) is 0 Å². The molecule has 0 aromatic heterocycles. The number of carbonyl (C=O) groups excluding carboxylic acids is 2. The average molecular weight is 461 g/mol. The fourth-order valence-electron chi connectivity index (χ4n) is 2.74. The Morgan fingerprint density at radius 2 is 1.55 bits per heavy atom. The van der Waals surface area contributed by atoms with E-state index in [1.54, 1.807) is 18.2 Å². The minimum Gasteiger partial charge on any atom is -0.326 e. The van der Waals surface area contributed by atoms with Crippen molar-refractivity contribution < 1.29 is 22.4 Å². The standard InChI is InChI=1S/C22H18ClFN2O4S/c23-16-3-1-5-19(13-16)26-31(29,30)20-6-2-4-18(14-20)25-22(28)12-11-21(27)15-7-9-17(24)10-8-15/h1-10,13-14,26H,11-12H2,(H,25,28). The van der Waals surface area contributed by atoms with Gasteiger partial charge in [0.1, 0.15) is 5.82 Å². The van der Waals surface area contributed by atoms with Crippen LogP contribution in [0.4, 0.5) is 15.8 Å². The van der Waals surface area contributed by atoms with E-state index in [0.29, 0.717) is 16.3 Å². The van der Waals surface area contributed by atoms with Gasteiger partial charge in [-0.1, -0.05) is 23.7 Å². The summed E-state index contributed by atoms with van der Waals surface area (Å²) in [5, 5.41) is 2.96. The van der Waals surface area contributed by atoms with Crippen LogP contribution in [0.25, 0.3) is 0 Å². The Bertz CT molecular complexity index is 1210. The third-order valence-corrected chi connectivity index (χ3v) is 5.86. The fourth-order valence-corrected chi connectivity index (χ4v) is 4.02. The predicted molar refractivity (Wildman–Crippen MR) is 117 cm³/mol. The third-order valence-electron chi connectivity index (χ3n) is 4.25. The molecule has 6 nitrogen and oxygen atoms in total. The maximum Gasteiger partial charge on any atom is 0.261 e. The van der Waals surface area contributed by atoms with Gasteiger partial charge in [-0.2, -0.15) is 0 Å². The molecule has 2 N–H and O–H groups in total. The van der Waals surface area contributed by atoms with Crippen LogP contribution in [0.1, 0.15) is 23.2 Å². The van der Waals surface area contributed by atoms with Crippen LogP contribution in [0, 0.1) is 5.82 Å². The van der Waals surface area contributed by atoms with Crippen LogP contribution in [-0.4, -0.2) is 20.1 Å². The molecule has 0 aliphatic heterocycles. The molecule has 0 heterocycles. The quantitative estimate of drug-likeness (QED) is 0.468. The van der Waals surface area contributed by atoms with Crippen LogP contribution < -0.4 is 10.0 Å².